The van der Waals surface area contributed by atoms with Crippen molar-refractivity contribution in [3.8, 4) is 6.07 Å². The van der Waals surface area contributed by atoms with Gasteiger partial charge in [-0.2, -0.15) is 5.26 Å². The van der Waals surface area contributed by atoms with Crippen LogP contribution < -0.4 is 0 Å². The number of rotatable bonds is 0. The van der Waals surface area contributed by atoms with Gasteiger partial charge in [-0.3, -0.25) is 0 Å². The highest BCUT2D eigenvalue weighted by molar-refractivity contribution is 5.10. The van der Waals surface area contributed by atoms with E-state index in [4.69, 9.17) is 5.26 Å². The molecule has 0 saturated heterocycles. The molecule has 54 valence electrons. The van der Waals surface area contributed by atoms with Crippen LogP contribution in [0.15, 0.2) is 12.2 Å². The first-order valence-electron chi connectivity index (χ1n) is 3.74. The highest BCUT2D eigenvalue weighted by Gasteiger charge is 2.27. The van der Waals surface area contributed by atoms with Crippen molar-refractivity contribution in [2.45, 2.75) is 32.6 Å². The van der Waals surface area contributed by atoms with Crippen LogP contribution in [-0.4, -0.2) is 0 Å². The molecular formula is C9H13N. The van der Waals surface area contributed by atoms with Crippen LogP contribution in [0.25, 0.3) is 0 Å². The molecule has 1 atom stereocenters. The molecule has 1 aliphatic rings. The van der Waals surface area contributed by atoms with Gasteiger partial charge in [-0.05, 0) is 32.6 Å². The van der Waals surface area contributed by atoms with Crippen molar-refractivity contribution in [1.29, 1.82) is 5.26 Å². The quantitative estimate of drug-likeness (QED) is 0.468. The van der Waals surface area contributed by atoms with E-state index >= 15 is 0 Å². The van der Waals surface area contributed by atoms with E-state index in [2.05, 4.69) is 12.6 Å². The average molecular weight is 135 g/mol. The Labute approximate surface area is 62.4 Å². The van der Waals surface area contributed by atoms with Crippen LogP contribution in [0.1, 0.15) is 32.6 Å². The summed E-state index contributed by atoms with van der Waals surface area (Å²) in [7, 11) is 0. The van der Waals surface area contributed by atoms with Crippen molar-refractivity contribution in [2.24, 2.45) is 5.41 Å². The van der Waals surface area contributed by atoms with Crippen molar-refractivity contribution in [1.82, 2.24) is 0 Å². The first kappa shape index (κ1) is 7.34. The van der Waals surface area contributed by atoms with Crippen LogP contribution in [0.2, 0.25) is 0 Å². The Bertz CT molecular complexity index is 187. The van der Waals surface area contributed by atoms with Gasteiger partial charge >= 0.3 is 0 Å². The van der Waals surface area contributed by atoms with Crippen molar-refractivity contribution < 1.29 is 0 Å². The largest absolute Gasteiger partial charge is 0.198 e. The third-order valence-electron chi connectivity index (χ3n) is 2.17. The summed E-state index contributed by atoms with van der Waals surface area (Å²) >= 11 is 0. The highest BCUT2D eigenvalue weighted by atomic mass is 14.4. The minimum atomic E-state index is -0.102. The summed E-state index contributed by atoms with van der Waals surface area (Å²) in [6, 6.07) is 2.35. The van der Waals surface area contributed by atoms with Gasteiger partial charge in [0.15, 0.2) is 0 Å². The molecule has 1 rings (SSSR count). The normalized spacial score (nSPS) is 33.4. The summed E-state index contributed by atoms with van der Waals surface area (Å²) in [5.74, 6) is 0. The number of hydrogen-bond donors (Lipinski definition) is 0. The fourth-order valence-corrected chi connectivity index (χ4v) is 1.55. The maximum Gasteiger partial charge on any atom is 0.0690 e. The molecule has 0 spiro atoms. The van der Waals surface area contributed by atoms with Crippen LogP contribution in [0.3, 0.4) is 0 Å². The molecule has 1 heteroatoms. The van der Waals surface area contributed by atoms with Gasteiger partial charge in [0.25, 0.3) is 0 Å². The van der Waals surface area contributed by atoms with E-state index in [1.54, 1.807) is 0 Å². The fourth-order valence-electron chi connectivity index (χ4n) is 1.55. The Morgan fingerprint density at radius 3 is 2.80 bits per heavy atom. The van der Waals surface area contributed by atoms with Crippen LogP contribution in [-0.2, 0) is 0 Å². The molecule has 1 fully saturated rings. The fraction of sp³-hybridized carbons (Fsp3) is 0.667. The van der Waals surface area contributed by atoms with Crippen LogP contribution in [0.4, 0.5) is 0 Å². The lowest BCUT2D eigenvalue weighted by molar-refractivity contribution is 0.349. The summed E-state index contributed by atoms with van der Waals surface area (Å²) < 4.78 is 0. The zero-order chi connectivity index (χ0) is 7.61. The van der Waals surface area contributed by atoms with Crippen molar-refractivity contribution in [2.75, 3.05) is 0 Å². The smallest absolute Gasteiger partial charge is 0.0690 e. The third-order valence-corrected chi connectivity index (χ3v) is 2.17. The molecule has 0 amide bonds. The molecule has 1 unspecified atom stereocenters. The molecule has 0 aromatic heterocycles. The van der Waals surface area contributed by atoms with E-state index in [1.807, 2.05) is 6.92 Å². The molecule has 1 nitrogen and oxygen atoms in total. The van der Waals surface area contributed by atoms with E-state index in [0.29, 0.717) is 0 Å². The molecule has 0 aliphatic heterocycles. The molecule has 0 aromatic rings. The lowest BCUT2D eigenvalue weighted by Crippen LogP contribution is -2.18. The van der Waals surface area contributed by atoms with Gasteiger partial charge in [0.1, 0.15) is 0 Å². The van der Waals surface area contributed by atoms with E-state index in [1.165, 1.54) is 5.57 Å². The van der Waals surface area contributed by atoms with Crippen molar-refractivity contribution >= 4 is 0 Å². The number of nitrogens with zero attached hydrogens (tertiary/aromatic N) is 1. The standard InChI is InChI=1S/C9H13N/c1-8-4-3-5-9(2,6-8)7-10/h1,3-6H2,2H3. The highest BCUT2D eigenvalue weighted by Crippen LogP contribution is 2.36. The van der Waals surface area contributed by atoms with Crippen LogP contribution in [0, 0.1) is 16.7 Å². The second-order valence-electron chi connectivity index (χ2n) is 3.45. The van der Waals surface area contributed by atoms with Gasteiger partial charge in [-0.25, -0.2) is 0 Å². The number of allylic oxidation sites excluding steroid dienone is 1. The van der Waals surface area contributed by atoms with Crippen molar-refractivity contribution in [3.05, 3.63) is 12.2 Å². The zero-order valence-corrected chi connectivity index (χ0v) is 6.48. The summed E-state index contributed by atoms with van der Waals surface area (Å²) in [6.07, 6.45) is 4.21. The molecule has 1 aliphatic carbocycles. The van der Waals surface area contributed by atoms with Crippen molar-refractivity contribution in [3.63, 3.8) is 0 Å². The second kappa shape index (κ2) is 2.46. The molecule has 0 bridgehead atoms. The summed E-state index contributed by atoms with van der Waals surface area (Å²) in [5, 5.41) is 8.78. The maximum atomic E-state index is 8.78. The Morgan fingerprint density at radius 2 is 2.40 bits per heavy atom. The SMILES string of the molecule is C=C1CCCC(C)(C#N)C1. The first-order valence-corrected chi connectivity index (χ1v) is 3.74. The zero-order valence-electron chi connectivity index (χ0n) is 6.48. The van der Waals surface area contributed by atoms with Crippen LogP contribution >= 0.6 is 0 Å². The predicted octanol–water partition coefficient (Wildman–Crippen LogP) is 2.65. The Morgan fingerprint density at radius 1 is 1.70 bits per heavy atom. The van der Waals surface area contributed by atoms with E-state index in [9.17, 15) is 0 Å². The van der Waals surface area contributed by atoms with Gasteiger partial charge in [-0.15, -0.1) is 0 Å². The Hall–Kier alpha value is -0.770. The van der Waals surface area contributed by atoms with Gasteiger partial charge in [0.05, 0.1) is 11.5 Å². The molecule has 1 saturated carbocycles. The lowest BCUT2D eigenvalue weighted by Gasteiger charge is -2.27. The van der Waals surface area contributed by atoms with Crippen LogP contribution in [0.5, 0.6) is 0 Å². The summed E-state index contributed by atoms with van der Waals surface area (Å²) in [4.78, 5) is 0. The van der Waals surface area contributed by atoms with Gasteiger partial charge in [-0.1, -0.05) is 12.2 Å². The molecule has 0 radical (unpaired) electrons. The minimum absolute atomic E-state index is 0.102. The van der Waals surface area contributed by atoms with Gasteiger partial charge in [0, 0.05) is 0 Å². The number of nitriles is 1. The van der Waals surface area contributed by atoms with E-state index in [-0.39, 0.29) is 5.41 Å². The average Bonchev–Trinajstić information content (AvgIpc) is 1.88. The Balaban J connectivity index is 2.64. The summed E-state index contributed by atoms with van der Waals surface area (Å²) in [6.45, 7) is 5.93. The third kappa shape index (κ3) is 1.39. The monoisotopic (exact) mass is 135 g/mol. The molecule has 0 aromatic carbocycles. The van der Waals surface area contributed by atoms with E-state index < -0.39 is 0 Å². The first-order chi connectivity index (χ1) is 4.66. The van der Waals surface area contributed by atoms with Gasteiger partial charge < -0.3 is 0 Å². The van der Waals surface area contributed by atoms with E-state index in [0.717, 1.165) is 25.7 Å². The lowest BCUT2D eigenvalue weighted by atomic mass is 9.75. The molecule has 10 heavy (non-hydrogen) atoms. The Kier molecular flexibility index (Phi) is 1.80. The maximum absolute atomic E-state index is 8.78. The molecule has 0 heterocycles. The molecule has 0 N–H and O–H groups in total. The predicted molar refractivity (Wildman–Crippen MR) is 41.3 cm³/mol. The second-order valence-corrected chi connectivity index (χ2v) is 3.45. The minimum Gasteiger partial charge on any atom is -0.198 e. The summed E-state index contributed by atoms with van der Waals surface area (Å²) in [5.41, 5.74) is 1.14. The topological polar surface area (TPSA) is 23.8 Å². The van der Waals surface area contributed by atoms with Gasteiger partial charge in [0.2, 0.25) is 0 Å². The molecular weight excluding hydrogens is 122 g/mol. The number of hydrogen-bond acceptors (Lipinski definition) is 1.